The van der Waals surface area contributed by atoms with E-state index in [9.17, 15) is 20.4 Å². The molecule has 0 bridgehead atoms. The molecular weight excluding hydrogens is 1550 g/mol. The molecule has 0 aliphatic carbocycles. The van der Waals surface area contributed by atoms with Crippen LogP contribution in [0.5, 0.6) is 23.0 Å². The largest absolute Gasteiger partial charge is 0.507 e. The van der Waals surface area contributed by atoms with Crippen molar-refractivity contribution in [1.82, 2.24) is 39.9 Å². The fraction of sp³-hybridized carbons (Fsp3) is 0.213. The van der Waals surface area contributed by atoms with Crippen molar-refractivity contribution in [2.24, 2.45) is 0 Å². The molecule has 108 heavy (non-hydrogen) atoms. The SMILES string of the molecule is C.CC(=O)O.CC(=O)O.CC(C)(C)c1cc(-c2ccccn2)c(O)c(-c2ccc3ccc4ccc(-c5cc(C(C)(C)C)cc(-c6ccccn6)c5O)nc4c3n2)c1.CC(C)(C)c1cc(-c2ccccn2)c(O)c(-c2ccc3ccc4ccc(-c5cc(C(C)(C)C)cc(-c6ccccn6)c5O)nc4c3n2)c1.I.[Fe].[Fe]. The smallest absolute Gasteiger partial charge is 0.300 e. The standard InChI is InChI=1S/2C42H38N4O2.2C2H4O2.CH4.2Fe.HI/c2*1-41(2,3)27-21-29(33-11-7-9-19-43-33)39(47)31(23-27)35-17-15-25-13-14-26-16-18-36(46-38(26)37(25)45-35)32-24-28(42(4,5)6)22-30(40(32)48)34-12-8-10-20-44-34;2*1-2(3)4;;;;/h2*7-24,47-48H,1-6H3;2*1H3,(H,3,4);1H4;;;1H. The first-order valence-corrected chi connectivity index (χ1v) is 34.2. The minimum absolute atomic E-state index is 0. The maximum atomic E-state index is 11.7. The van der Waals surface area contributed by atoms with Crippen LogP contribution < -0.4 is 0 Å². The van der Waals surface area contributed by atoms with E-state index in [0.29, 0.717) is 112 Å². The zero-order valence-electron chi connectivity index (χ0n) is 62.0. The minimum atomic E-state index is -0.833. The van der Waals surface area contributed by atoms with Crippen molar-refractivity contribution in [2.75, 3.05) is 0 Å². The second-order valence-corrected chi connectivity index (χ2v) is 29.8. The summed E-state index contributed by atoms with van der Waals surface area (Å²) in [5.41, 5.74) is 16.9. The van der Waals surface area contributed by atoms with Crippen LogP contribution in [0.25, 0.3) is 134 Å². The normalized spacial score (nSPS) is 11.2. The molecule has 0 amide bonds. The molecule has 0 saturated carbocycles. The number of rotatable bonds is 8. The summed E-state index contributed by atoms with van der Waals surface area (Å²) in [6, 6.07) is 62.9. The molecule has 6 N–H and O–H groups in total. The van der Waals surface area contributed by atoms with Crippen LogP contribution in [0.15, 0.2) is 219 Å². The van der Waals surface area contributed by atoms with Gasteiger partial charge in [-0.15, -0.1) is 24.0 Å². The van der Waals surface area contributed by atoms with Gasteiger partial charge in [0.15, 0.2) is 0 Å². The summed E-state index contributed by atoms with van der Waals surface area (Å²) in [5.74, 6) is -1.14. The first-order valence-electron chi connectivity index (χ1n) is 34.2. The van der Waals surface area contributed by atoms with E-state index in [2.05, 4.69) is 103 Å². The third kappa shape index (κ3) is 19.1. The Labute approximate surface area is 669 Å². The molecule has 0 aliphatic rings. The van der Waals surface area contributed by atoms with Crippen LogP contribution in [-0.2, 0) is 65.4 Å². The number of nitrogens with zero attached hydrogens (tertiary/aromatic N) is 8. The number of hydrogen-bond acceptors (Lipinski definition) is 14. The number of carboxylic acid groups (broad SMARTS) is 2. The van der Waals surface area contributed by atoms with Gasteiger partial charge >= 0.3 is 0 Å². The van der Waals surface area contributed by atoms with Crippen molar-refractivity contribution in [3.63, 3.8) is 0 Å². The molecule has 19 heteroatoms. The van der Waals surface area contributed by atoms with E-state index in [1.54, 1.807) is 24.8 Å². The van der Waals surface area contributed by atoms with E-state index in [4.69, 9.17) is 39.7 Å². The van der Waals surface area contributed by atoms with E-state index < -0.39 is 11.9 Å². The van der Waals surface area contributed by atoms with E-state index in [1.165, 1.54) is 0 Å². The summed E-state index contributed by atoms with van der Waals surface area (Å²) in [6.07, 6.45) is 6.93. The number of phenols is 4. The molecule has 0 saturated heterocycles. The summed E-state index contributed by atoms with van der Waals surface area (Å²) in [6.45, 7) is 28.0. The number of aromatic nitrogens is 8. The van der Waals surface area contributed by atoms with Gasteiger partial charge in [-0.3, -0.25) is 29.5 Å². The second kappa shape index (κ2) is 34.6. The summed E-state index contributed by atoms with van der Waals surface area (Å²) in [4.78, 5) is 56.8. The number of halogens is 1. The molecule has 0 aliphatic heterocycles. The topological polar surface area (TPSA) is 259 Å². The Hall–Kier alpha value is -10.5. The Kier molecular flexibility index (Phi) is 27.1. The Morgan fingerprint density at radius 2 is 0.435 bits per heavy atom. The Morgan fingerprint density at radius 3 is 0.583 bits per heavy atom. The average molecular weight is 1640 g/mol. The van der Waals surface area contributed by atoms with Gasteiger partial charge in [-0.1, -0.05) is 163 Å². The summed E-state index contributed by atoms with van der Waals surface area (Å²) >= 11 is 0. The van der Waals surface area contributed by atoms with Crippen molar-refractivity contribution >= 4 is 79.5 Å². The number of fused-ring (bicyclic) bond motifs is 6. The monoisotopic (exact) mass is 1640 g/mol. The molecular formula is C89H89Fe2IN8O8. The number of aliphatic carboxylic acids is 2. The number of phenolic OH excluding ortho intramolecular Hbond substituents is 4. The summed E-state index contributed by atoms with van der Waals surface area (Å²) in [7, 11) is 0. The van der Waals surface area contributed by atoms with Crippen LogP contribution >= 0.6 is 24.0 Å². The van der Waals surface area contributed by atoms with Crippen LogP contribution in [0.4, 0.5) is 0 Å². The molecule has 8 heterocycles. The zero-order chi connectivity index (χ0) is 74.7. The van der Waals surface area contributed by atoms with E-state index in [1.807, 2.05) is 194 Å². The van der Waals surface area contributed by atoms with Crippen LogP contribution in [0.1, 0.15) is 127 Å². The fourth-order valence-corrected chi connectivity index (χ4v) is 12.1. The maximum Gasteiger partial charge on any atom is 0.300 e. The van der Waals surface area contributed by atoms with Gasteiger partial charge in [0.2, 0.25) is 0 Å². The van der Waals surface area contributed by atoms with Gasteiger partial charge in [0.05, 0.1) is 67.6 Å². The third-order valence-electron chi connectivity index (χ3n) is 17.8. The molecule has 0 unspecified atom stereocenters. The molecule has 0 atom stereocenters. The van der Waals surface area contributed by atoms with Crippen molar-refractivity contribution in [3.05, 3.63) is 241 Å². The number of hydrogen-bond donors (Lipinski definition) is 6. The van der Waals surface area contributed by atoms with E-state index in [-0.39, 0.29) is 110 Å². The third-order valence-corrected chi connectivity index (χ3v) is 17.8. The average Bonchev–Trinajstić information content (AvgIpc) is 0.760. The minimum Gasteiger partial charge on any atom is -0.507 e. The van der Waals surface area contributed by atoms with Crippen LogP contribution in [0.3, 0.4) is 0 Å². The first-order chi connectivity index (χ1) is 49.2. The van der Waals surface area contributed by atoms with Gasteiger partial charge in [-0.05, 0) is 165 Å². The van der Waals surface area contributed by atoms with Gasteiger partial charge in [-0.2, -0.15) is 0 Å². The van der Waals surface area contributed by atoms with Gasteiger partial charge in [-0.25, -0.2) is 19.9 Å². The number of pyridine rings is 8. The Bertz CT molecular complexity index is 4890. The van der Waals surface area contributed by atoms with Crippen LogP contribution in [-0.4, -0.2) is 82.4 Å². The van der Waals surface area contributed by atoms with Crippen molar-refractivity contribution in [1.29, 1.82) is 0 Å². The summed E-state index contributed by atoms with van der Waals surface area (Å²) < 4.78 is 0. The number of benzene rings is 6. The number of carbonyl (C=O) groups is 2. The van der Waals surface area contributed by atoms with Gasteiger partial charge in [0, 0.05) is 139 Å². The Balaban J connectivity index is 0.000000265. The van der Waals surface area contributed by atoms with Gasteiger partial charge in [0.25, 0.3) is 11.9 Å². The molecule has 0 radical (unpaired) electrons. The van der Waals surface area contributed by atoms with E-state index >= 15 is 0 Å². The molecule has 0 spiro atoms. The summed E-state index contributed by atoms with van der Waals surface area (Å²) in [5, 5.41) is 65.2. The molecule has 0 fully saturated rings. The van der Waals surface area contributed by atoms with Crippen molar-refractivity contribution in [3.8, 4) is 113 Å². The molecule has 8 aromatic heterocycles. The quantitative estimate of drug-likeness (QED) is 0.0469. The zero-order valence-corrected chi connectivity index (χ0v) is 66.5. The molecule has 16 nitrogen and oxygen atoms in total. The first kappa shape index (κ1) is 84.7. The Morgan fingerprint density at radius 1 is 0.278 bits per heavy atom. The van der Waals surface area contributed by atoms with Crippen LogP contribution in [0.2, 0.25) is 0 Å². The molecule has 6 aromatic carbocycles. The predicted molar refractivity (Wildman–Crippen MR) is 439 cm³/mol. The molecule has 14 aromatic rings. The van der Waals surface area contributed by atoms with Gasteiger partial charge < -0.3 is 30.6 Å². The second-order valence-electron chi connectivity index (χ2n) is 29.8. The fourth-order valence-electron chi connectivity index (χ4n) is 12.1. The van der Waals surface area contributed by atoms with Crippen molar-refractivity contribution in [2.45, 2.75) is 126 Å². The van der Waals surface area contributed by atoms with Crippen molar-refractivity contribution < 1.29 is 74.4 Å². The maximum absolute atomic E-state index is 11.7. The molecule has 556 valence electrons. The number of carboxylic acids is 2. The predicted octanol–water partition coefficient (Wildman–Crippen LogP) is 21.9. The van der Waals surface area contributed by atoms with E-state index in [0.717, 1.165) is 57.6 Å². The molecule has 14 rings (SSSR count). The van der Waals surface area contributed by atoms with Gasteiger partial charge in [0.1, 0.15) is 23.0 Å². The number of aromatic hydroxyl groups is 4. The van der Waals surface area contributed by atoms with Crippen LogP contribution in [0, 0.1) is 0 Å².